The second-order valence-corrected chi connectivity index (χ2v) is 5.30. The third-order valence-electron chi connectivity index (χ3n) is 3.93. The fraction of sp³-hybridized carbons (Fsp3) is 0.600. The normalized spacial score (nSPS) is 23.8. The summed E-state index contributed by atoms with van der Waals surface area (Å²) in [6, 6.07) is 6.68. The van der Waals surface area contributed by atoms with Gasteiger partial charge in [0.1, 0.15) is 5.75 Å². The molecular weight excluding hydrogens is 240 g/mol. The van der Waals surface area contributed by atoms with Crippen molar-refractivity contribution in [2.75, 3.05) is 34.4 Å². The quantitative estimate of drug-likeness (QED) is 0.881. The van der Waals surface area contributed by atoms with Gasteiger partial charge in [0.05, 0.1) is 13.7 Å². The molecule has 4 nitrogen and oxygen atoms in total. The largest absolute Gasteiger partial charge is 0.496 e. The van der Waals surface area contributed by atoms with Crippen LogP contribution in [0.5, 0.6) is 5.75 Å². The Kier molecular flexibility index (Phi) is 4.80. The number of likely N-dealkylation sites (tertiary alicyclic amines) is 1. The molecule has 1 aromatic rings. The van der Waals surface area contributed by atoms with E-state index in [1.54, 1.807) is 14.2 Å². The molecule has 1 saturated heterocycles. The van der Waals surface area contributed by atoms with Gasteiger partial charge in [-0.05, 0) is 43.6 Å². The van der Waals surface area contributed by atoms with Crippen LogP contribution in [0.15, 0.2) is 18.2 Å². The van der Waals surface area contributed by atoms with Crippen LogP contribution >= 0.6 is 0 Å². The first kappa shape index (κ1) is 14.3. The minimum absolute atomic E-state index is 0.389. The smallest absolute Gasteiger partial charge is 0.123 e. The number of hydrogen-bond acceptors (Lipinski definition) is 4. The van der Waals surface area contributed by atoms with Gasteiger partial charge in [-0.15, -0.1) is 0 Å². The molecule has 0 amide bonds. The summed E-state index contributed by atoms with van der Waals surface area (Å²) in [5.41, 5.74) is 8.24. The Balaban J connectivity index is 2.28. The summed E-state index contributed by atoms with van der Waals surface area (Å²) in [4.78, 5) is 2.37. The molecule has 2 N–H and O–H groups in total. The van der Waals surface area contributed by atoms with Gasteiger partial charge < -0.3 is 15.2 Å². The van der Waals surface area contributed by atoms with E-state index < -0.39 is 0 Å². The Bertz CT molecular complexity index is 423. The lowest BCUT2D eigenvalue weighted by molar-refractivity contribution is 0.184. The highest BCUT2D eigenvalue weighted by atomic mass is 16.5. The van der Waals surface area contributed by atoms with E-state index in [0.717, 1.165) is 25.3 Å². The van der Waals surface area contributed by atoms with Gasteiger partial charge in [-0.25, -0.2) is 0 Å². The second kappa shape index (κ2) is 6.37. The number of nitrogens with two attached hydrogens (primary N) is 1. The van der Waals surface area contributed by atoms with Crippen molar-refractivity contribution < 1.29 is 9.47 Å². The molecule has 0 bridgehead atoms. The zero-order valence-electron chi connectivity index (χ0n) is 12.1. The molecule has 1 fully saturated rings. The number of hydrogen-bond donors (Lipinski definition) is 1. The SMILES string of the molecule is COCc1ccc(OC)c(C2CC(CN)CN2C)c1. The maximum atomic E-state index is 5.81. The number of rotatable bonds is 5. The van der Waals surface area contributed by atoms with Crippen molar-refractivity contribution >= 4 is 0 Å². The monoisotopic (exact) mass is 264 g/mol. The van der Waals surface area contributed by atoms with Crippen LogP contribution in [0, 0.1) is 5.92 Å². The Morgan fingerprint density at radius 2 is 2.16 bits per heavy atom. The molecule has 0 aromatic heterocycles. The molecule has 0 radical (unpaired) electrons. The average Bonchev–Trinajstić information content (AvgIpc) is 2.80. The molecule has 2 atom stereocenters. The molecule has 0 aliphatic carbocycles. The molecule has 0 saturated carbocycles. The van der Waals surface area contributed by atoms with Gasteiger partial charge >= 0.3 is 0 Å². The highest BCUT2D eigenvalue weighted by Gasteiger charge is 2.31. The Morgan fingerprint density at radius 1 is 1.37 bits per heavy atom. The lowest BCUT2D eigenvalue weighted by atomic mass is 9.97. The minimum atomic E-state index is 0.389. The predicted octanol–water partition coefficient (Wildman–Crippen LogP) is 1.79. The van der Waals surface area contributed by atoms with Crippen molar-refractivity contribution in [1.82, 2.24) is 4.90 Å². The fourth-order valence-electron chi connectivity index (χ4n) is 2.94. The molecule has 19 heavy (non-hydrogen) atoms. The Hall–Kier alpha value is -1.10. The van der Waals surface area contributed by atoms with E-state index in [2.05, 4.69) is 24.1 Å². The van der Waals surface area contributed by atoms with Gasteiger partial charge in [0.25, 0.3) is 0 Å². The van der Waals surface area contributed by atoms with Crippen molar-refractivity contribution in [3.05, 3.63) is 29.3 Å². The van der Waals surface area contributed by atoms with Crippen LogP contribution in [0.4, 0.5) is 0 Å². The molecule has 2 unspecified atom stereocenters. The van der Waals surface area contributed by atoms with Gasteiger partial charge in [-0.1, -0.05) is 6.07 Å². The number of nitrogens with zero attached hydrogens (tertiary/aromatic N) is 1. The Morgan fingerprint density at radius 3 is 2.74 bits per heavy atom. The summed E-state index contributed by atoms with van der Waals surface area (Å²) in [6.07, 6.45) is 1.10. The third kappa shape index (κ3) is 3.08. The lowest BCUT2D eigenvalue weighted by Crippen LogP contribution is -2.21. The van der Waals surface area contributed by atoms with Gasteiger partial charge in [0, 0.05) is 25.3 Å². The van der Waals surface area contributed by atoms with E-state index in [1.165, 1.54) is 11.1 Å². The molecule has 2 rings (SSSR count). The Labute approximate surface area is 115 Å². The van der Waals surface area contributed by atoms with E-state index in [-0.39, 0.29) is 0 Å². The van der Waals surface area contributed by atoms with Crippen molar-refractivity contribution in [1.29, 1.82) is 0 Å². The van der Waals surface area contributed by atoms with Crippen LogP contribution in [0.1, 0.15) is 23.6 Å². The van der Waals surface area contributed by atoms with Crippen molar-refractivity contribution in [3.63, 3.8) is 0 Å². The summed E-state index contributed by atoms with van der Waals surface area (Å²) < 4.78 is 10.7. The highest BCUT2D eigenvalue weighted by Crippen LogP contribution is 2.38. The van der Waals surface area contributed by atoms with Crippen molar-refractivity contribution in [2.45, 2.75) is 19.1 Å². The molecule has 1 heterocycles. The molecule has 0 spiro atoms. The maximum absolute atomic E-state index is 5.81. The van der Waals surface area contributed by atoms with Crippen LogP contribution in [-0.4, -0.2) is 39.3 Å². The van der Waals surface area contributed by atoms with Crippen molar-refractivity contribution in [2.24, 2.45) is 11.7 Å². The van der Waals surface area contributed by atoms with E-state index in [0.29, 0.717) is 18.6 Å². The molecule has 106 valence electrons. The maximum Gasteiger partial charge on any atom is 0.123 e. The molecule has 1 aliphatic heterocycles. The molecule has 1 aliphatic rings. The highest BCUT2D eigenvalue weighted by molar-refractivity contribution is 5.40. The van der Waals surface area contributed by atoms with Crippen LogP contribution in [0.3, 0.4) is 0 Å². The lowest BCUT2D eigenvalue weighted by Gasteiger charge is -2.22. The third-order valence-corrected chi connectivity index (χ3v) is 3.93. The number of methoxy groups -OCH3 is 2. The number of ether oxygens (including phenoxy) is 2. The van der Waals surface area contributed by atoms with Crippen LogP contribution < -0.4 is 10.5 Å². The van der Waals surface area contributed by atoms with Gasteiger partial charge in [0.2, 0.25) is 0 Å². The predicted molar refractivity (Wildman–Crippen MR) is 76.2 cm³/mol. The first-order valence-corrected chi connectivity index (χ1v) is 6.75. The fourth-order valence-corrected chi connectivity index (χ4v) is 2.94. The standard InChI is InChI=1S/C15H24N2O2/c1-17-9-12(8-16)7-14(17)13-6-11(10-18-2)4-5-15(13)19-3/h4-6,12,14H,7-10,16H2,1-3H3. The van der Waals surface area contributed by atoms with Crippen LogP contribution in [-0.2, 0) is 11.3 Å². The average molecular weight is 264 g/mol. The summed E-state index contributed by atoms with van der Waals surface area (Å²) in [6.45, 7) is 2.44. The molecule has 1 aromatic carbocycles. The second-order valence-electron chi connectivity index (χ2n) is 5.30. The summed E-state index contributed by atoms with van der Waals surface area (Å²) in [5, 5.41) is 0. The molecular formula is C15H24N2O2. The topological polar surface area (TPSA) is 47.7 Å². The molecule has 4 heteroatoms. The van der Waals surface area contributed by atoms with Gasteiger partial charge in [0.15, 0.2) is 0 Å². The number of benzene rings is 1. The van der Waals surface area contributed by atoms with E-state index in [9.17, 15) is 0 Å². The van der Waals surface area contributed by atoms with Gasteiger partial charge in [-0.3, -0.25) is 4.90 Å². The first-order valence-electron chi connectivity index (χ1n) is 6.75. The van der Waals surface area contributed by atoms with Crippen molar-refractivity contribution in [3.8, 4) is 5.75 Å². The minimum Gasteiger partial charge on any atom is -0.496 e. The zero-order chi connectivity index (χ0) is 13.8. The van der Waals surface area contributed by atoms with E-state index in [1.807, 2.05) is 6.07 Å². The summed E-state index contributed by atoms with van der Waals surface area (Å²) in [5.74, 6) is 1.53. The first-order chi connectivity index (χ1) is 9.19. The summed E-state index contributed by atoms with van der Waals surface area (Å²) >= 11 is 0. The zero-order valence-corrected chi connectivity index (χ0v) is 12.1. The van der Waals surface area contributed by atoms with E-state index >= 15 is 0 Å². The van der Waals surface area contributed by atoms with Crippen LogP contribution in [0.2, 0.25) is 0 Å². The van der Waals surface area contributed by atoms with Gasteiger partial charge in [-0.2, -0.15) is 0 Å². The summed E-state index contributed by atoms with van der Waals surface area (Å²) in [7, 11) is 5.60. The van der Waals surface area contributed by atoms with Crippen LogP contribution in [0.25, 0.3) is 0 Å². The van der Waals surface area contributed by atoms with E-state index in [4.69, 9.17) is 15.2 Å².